The predicted molar refractivity (Wildman–Crippen MR) is 124 cm³/mol. The molecule has 1 heterocycles. The lowest BCUT2D eigenvalue weighted by molar-refractivity contribution is -0.143. The van der Waals surface area contributed by atoms with E-state index in [1.807, 2.05) is 30.3 Å². The Kier molecular flexibility index (Phi) is 7.13. The summed E-state index contributed by atoms with van der Waals surface area (Å²) in [5, 5.41) is 22.3. The van der Waals surface area contributed by atoms with Crippen LogP contribution in [-0.2, 0) is 14.9 Å². The zero-order valence-electron chi connectivity index (χ0n) is 18.8. The van der Waals surface area contributed by atoms with E-state index in [-0.39, 0.29) is 35.7 Å². The van der Waals surface area contributed by atoms with Gasteiger partial charge in [-0.25, -0.2) is 4.98 Å². The number of hydrogen-bond donors (Lipinski definition) is 3. The second kappa shape index (κ2) is 10.0. The summed E-state index contributed by atoms with van der Waals surface area (Å²) in [6.45, 7) is 5.89. The number of fused-ring (bicyclic) bond motifs is 1. The van der Waals surface area contributed by atoms with E-state index < -0.39 is 18.3 Å². The lowest BCUT2D eigenvalue weighted by Crippen LogP contribution is -2.26. The summed E-state index contributed by atoms with van der Waals surface area (Å²) in [5.41, 5.74) is 2.87. The Morgan fingerprint density at radius 3 is 2.48 bits per heavy atom. The van der Waals surface area contributed by atoms with E-state index in [0.29, 0.717) is 16.6 Å². The van der Waals surface area contributed by atoms with Gasteiger partial charge in [0.25, 0.3) is 5.91 Å². The maximum atomic E-state index is 12.3. The smallest absolute Gasteiger partial charge is 0.308 e. The Bertz CT molecular complexity index is 1190. The van der Waals surface area contributed by atoms with Crippen LogP contribution in [0.15, 0.2) is 54.3 Å². The van der Waals surface area contributed by atoms with E-state index in [1.165, 1.54) is 0 Å². The van der Waals surface area contributed by atoms with Crippen molar-refractivity contribution in [2.75, 3.05) is 13.2 Å². The molecule has 0 saturated carbocycles. The summed E-state index contributed by atoms with van der Waals surface area (Å²) in [6.07, 6.45) is -0.0778. The predicted octanol–water partition coefficient (Wildman–Crippen LogP) is 4.02. The van der Waals surface area contributed by atoms with Gasteiger partial charge in [0.2, 0.25) is 0 Å². The van der Waals surface area contributed by atoms with E-state index in [9.17, 15) is 20.0 Å². The van der Waals surface area contributed by atoms with Gasteiger partial charge in [-0.05, 0) is 35.2 Å². The molecule has 0 unspecified atom stereocenters. The number of aliphatic hydroxyl groups excluding tert-OH is 1. The fourth-order valence-electron chi connectivity index (χ4n) is 3.12. The molecule has 8 heteroatoms. The number of imidazole rings is 1. The summed E-state index contributed by atoms with van der Waals surface area (Å²) in [4.78, 5) is 31.5. The molecule has 0 aliphatic rings. The van der Waals surface area contributed by atoms with Crippen molar-refractivity contribution in [3.63, 3.8) is 0 Å². The third-order valence-electron chi connectivity index (χ3n) is 5.02. The molecule has 170 valence electrons. The third kappa shape index (κ3) is 5.98. The molecule has 3 aromatic rings. The first-order chi connectivity index (χ1) is 15.7. The number of para-hydroxylation sites is 2. The van der Waals surface area contributed by atoms with Gasteiger partial charge in [-0.3, -0.25) is 9.59 Å². The van der Waals surface area contributed by atoms with E-state index >= 15 is 0 Å². The average Bonchev–Trinajstić information content (AvgIpc) is 3.21. The van der Waals surface area contributed by atoms with Gasteiger partial charge in [-0.1, -0.05) is 45.0 Å². The van der Waals surface area contributed by atoms with Crippen molar-refractivity contribution in [2.24, 2.45) is 0 Å². The lowest BCUT2D eigenvalue weighted by atomic mass is 9.87. The van der Waals surface area contributed by atoms with E-state index in [2.05, 4.69) is 36.1 Å². The first kappa shape index (κ1) is 23.5. The summed E-state index contributed by atoms with van der Waals surface area (Å²) < 4.78 is 5.03. The number of aromatic amines is 1. The minimum absolute atomic E-state index is 0.00537. The van der Waals surface area contributed by atoms with Gasteiger partial charge in [0.15, 0.2) is 11.6 Å². The maximum absolute atomic E-state index is 12.3. The number of allylic oxidation sites excluding steroid dienone is 1. The Labute approximate surface area is 191 Å². The van der Waals surface area contributed by atoms with Crippen molar-refractivity contribution in [3.8, 4) is 6.07 Å². The van der Waals surface area contributed by atoms with Crippen molar-refractivity contribution >= 4 is 28.5 Å². The van der Waals surface area contributed by atoms with Gasteiger partial charge < -0.3 is 20.1 Å². The number of carbonyl (C=O) groups excluding carboxylic acids is 2. The van der Waals surface area contributed by atoms with Crippen LogP contribution in [0.25, 0.3) is 16.6 Å². The number of aromatic nitrogens is 2. The number of nitrogens with zero attached hydrogens (tertiary/aromatic N) is 2. The number of carbonyl (C=O) groups is 2. The van der Waals surface area contributed by atoms with Gasteiger partial charge in [0.1, 0.15) is 18.2 Å². The van der Waals surface area contributed by atoms with Crippen LogP contribution < -0.4 is 5.32 Å². The number of H-pyrrole nitrogens is 1. The Balaban J connectivity index is 1.50. The van der Waals surface area contributed by atoms with Crippen LogP contribution in [0.4, 0.5) is 0 Å². The number of aliphatic hydroxyl groups is 1. The van der Waals surface area contributed by atoms with Crippen molar-refractivity contribution in [1.29, 1.82) is 5.26 Å². The third-order valence-corrected chi connectivity index (χ3v) is 5.02. The van der Waals surface area contributed by atoms with E-state index in [0.717, 1.165) is 5.56 Å². The van der Waals surface area contributed by atoms with Gasteiger partial charge in [-0.2, -0.15) is 5.26 Å². The zero-order chi connectivity index (χ0) is 24.0. The molecule has 8 nitrogen and oxygen atoms in total. The SMILES string of the molecule is CC(C)(C)c1ccc(C(=O)NCCC(=O)OC/C(O)=C(\C#N)c2nc3ccccc3[nH]2)cc1. The molecule has 33 heavy (non-hydrogen) atoms. The number of esters is 1. The highest BCUT2D eigenvalue weighted by atomic mass is 16.5. The molecule has 3 N–H and O–H groups in total. The summed E-state index contributed by atoms with van der Waals surface area (Å²) in [6, 6.07) is 16.4. The maximum Gasteiger partial charge on any atom is 0.308 e. The van der Waals surface area contributed by atoms with Gasteiger partial charge in [0.05, 0.1) is 17.5 Å². The van der Waals surface area contributed by atoms with Gasteiger partial charge in [0, 0.05) is 12.1 Å². The minimum atomic E-state index is -0.619. The van der Waals surface area contributed by atoms with E-state index in [4.69, 9.17) is 4.74 Å². The van der Waals surface area contributed by atoms with E-state index in [1.54, 1.807) is 24.3 Å². The topological polar surface area (TPSA) is 128 Å². The highest BCUT2D eigenvalue weighted by Gasteiger charge is 2.16. The molecule has 1 aromatic heterocycles. The zero-order valence-corrected chi connectivity index (χ0v) is 18.8. The van der Waals surface area contributed by atoms with Crippen LogP contribution >= 0.6 is 0 Å². The number of benzene rings is 2. The Morgan fingerprint density at radius 1 is 1.15 bits per heavy atom. The number of ether oxygens (including phenoxy) is 1. The molecule has 0 atom stereocenters. The molecule has 0 aliphatic carbocycles. The molecule has 0 saturated heterocycles. The number of nitriles is 1. The molecular weight excluding hydrogens is 420 g/mol. The molecular formula is C25H26N4O4. The van der Waals surface area contributed by atoms with Crippen LogP contribution in [0, 0.1) is 11.3 Å². The quantitative estimate of drug-likeness (QED) is 0.286. The van der Waals surface area contributed by atoms with Gasteiger partial charge >= 0.3 is 5.97 Å². The van der Waals surface area contributed by atoms with Crippen LogP contribution in [0.5, 0.6) is 0 Å². The van der Waals surface area contributed by atoms with Crippen molar-refractivity contribution in [3.05, 3.63) is 71.2 Å². The summed E-state index contributed by atoms with van der Waals surface area (Å²) in [5.74, 6) is -1.13. The van der Waals surface area contributed by atoms with Crippen LogP contribution in [-0.4, -0.2) is 40.1 Å². The molecule has 0 spiro atoms. The molecule has 0 radical (unpaired) electrons. The van der Waals surface area contributed by atoms with Crippen LogP contribution in [0.3, 0.4) is 0 Å². The summed E-state index contributed by atoms with van der Waals surface area (Å²) >= 11 is 0. The Hall–Kier alpha value is -4.12. The monoisotopic (exact) mass is 446 g/mol. The normalized spacial score (nSPS) is 12.1. The van der Waals surface area contributed by atoms with Crippen molar-refractivity contribution < 1.29 is 19.4 Å². The molecule has 0 bridgehead atoms. The Morgan fingerprint density at radius 2 is 1.85 bits per heavy atom. The second-order valence-corrected chi connectivity index (χ2v) is 8.53. The highest BCUT2D eigenvalue weighted by molar-refractivity contribution is 5.94. The lowest BCUT2D eigenvalue weighted by Gasteiger charge is -2.19. The first-order valence-electron chi connectivity index (χ1n) is 10.5. The molecule has 2 aromatic carbocycles. The fourth-order valence-corrected chi connectivity index (χ4v) is 3.12. The average molecular weight is 447 g/mol. The van der Waals surface area contributed by atoms with Gasteiger partial charge in [-0.15, -0.1) is 0 Å². The summed E-state index contributed by atoms with van der Waals surface area (Å²) in [7, 11) is 0. The largest absolute Gasteiger partial charge is 0.507 e. The standard InChI is InChI=1S/C25H26N4O4/c1-25(2,3)17-10-8-16(9-11-17)24(32)27-13-12-22(31)33-15-21(30)18(14-26)23-28-19-6-4-5-7-20(19)29-23/h4-11,30H,12-13,15H2,1-3H3,(H,27,32)(H,28,29)/b21-18-. The molecule has 0 fully saturated rings. The van der Waals surface area contributed by atoms with Crippen LogP contribution in [0.2, 0.25) is 0 Å². The number of rotatable bonds is 7. The first-order valence-corrected chi connectivity index (χ1v) is 10.5. The minimum Gasteiger partial charge on any atom is -0.507 e. The number of nitrogens with one attached hydrogen (secondary N) is 2. The molecule has 1 amide bonds. The number of hydrogen-bond acceptors (Lipinski definition) is 6. The number of amides is 1. The molecule has 3 rings (SSSR count). The van der Waals surface area contributed by atoms with Crippen LogP contribution in [0.1, 0.15) is 48.9 Å². The highest BCUT2D eigenvalue weighted by Crippen LogP contribution is 2.22. The second-order valence-electron chi connectivity index (χ2n) is 8.53. The van der Waals surface area contributed by atoms with Crippen molar-refractivity contribution in [1.82, 2.24) is 15.3 Å². The van der Waals surface area contributed by atoms with Crippen molar-refractivity contribution in [2.45, 2.75) is 32.6 Å². The molecule has 0 aliphatic heterocycles. The fraction of sp³-hybridized carbons (Fsp3) is 0.280.